The summed E-state index contributed by atoms with van der Waals surface area (Å²) in [7, 11) is 0. The molecule has 3 aromatic rings. The summed E-state index contributed by atoms with van der Waals surface area (Å²) in [5.74, 6) is 1.12. The third-order valence-corrected chi connectivity index (χ3v) is 5.91. The van der Waals surface area contributed by atoms with E-state index < -0.39 is 6.23 Å². The maximum Gasteiger partial charge on any atom is 0.247 e. The SMILES string of the molecule is CCCCSc1nnc2c(n1)O[C@H](c1ccc(Cl)cc1)N(C(C)=O)c1ccccc1-2. The number of aromatic nitrogens is 3. The van der Waals surface area contributed by atoms with Gasteiger partial charge in [0.1, 0.15) is 0 Å². The van der Waals surface area contributed by atoms with Gasteiger partial charge in [-0.25, -0.2) is 0 Å². The van der Waals surface area contributed by atoms with Gasteiger partial charge in [-0.1, -0.05) is 67.0 Å². The second-order valence-corrected chi connectivity index (χ2v) is 8.38. The van der Waals surface area contributed by atoms with Crippen LogP contribution >= 0.6 is 23.4 Å². The Labute approximate surface area is 184 Å². The fourth-order valence-corrected chi connectivity index (χ4v) is 4.25. The molecule has 1 amide bonds. The van der Waals surface area contributed by atoms with Crippen LogP contribution in [0.25, 0.3) is 11.3 Å². The van der Waals surface area contributed by atoms with E-state index in [0.29, 0.717) is 27.4 Å². The highest BCUT2D eigenvalue weighted by molar-refractivity contribution is 7.99. The zero-order chi connectivity index (χ0) is 21.1. The van der Waals surface area contributed by atoms with Crippen molar-refractivity contribution in [3.63, 3.8) is 0 Å². The molecule has 30 heavy (non-hydrogen) atoms. The Morgan fingerprint density at radius 2 is 1.93 bits per heavy atom. The molecule has 0 saturated carbocycles. The van der Waals surface area contributed by atoms with E-state index >= 15 is 0 Å². The molecule has 0 N–H and O–H groups in total. The molecule has 1 aliphatic rings. The standard InChI is InChI=1S/C22H21ClN4O2S/c1-3-4-13-30-22-24-20-19(25-26-22)17-7-5-6-8-18(17)27(14(2)28)21(29-20)15-9-11-16(23)12-10-15/h5-12,21H,3-4,13H2,1-2H3/t21-/m1/s1. The van der Waals surface area contributed by atoms with Gasteiger partial charge in [0.05, 0.1) is 5.69 Å². The van der Waals surface area contributed by atoms with Crippen LogP contribution in [0.3, 0.4) is 0 Å². The smallest absolute Gasteiger partial charge is 0.247 e. The lowest BCUT2D eigenvalue weighted by atomic mass is 10.1. The Morgan fingerprint density at radius 3 is 2.67 bits per heavy atom. The molecule has 0 radical (unpaired) electrons. The van der Waals surface area contributed by atoms with Gasteiger partial charge in [0, 0.05) is 28.8 Å². The highest BCUT2D eigenvalue weighted by atomic mass is 35.5. The van der Waals surface area contributed by atoms with Crippen LogP contribution in [-0.2, 0) is 4.79 Å². The molecule has 1 atom stereocenters. The minimum absolute atomic E-state index is 0.152. The second-order valence-electron chi connectivity index (χ2n) is 6.88. The lowest BCUT2D eigenvalue weighted by Crippen LogP contribution is -2.36. The molecule has 0 bridgehead atoms. The number of nitrogens with zero attached hydrogens (tertiary/aromatic N) is 4. The van der Waals surface area contributed by atoms with Crippen LogP contribution in [0, 0.1) is 0 Å². The van der Waals surface area contributed by atoms with Crippen molar-refractivity contribution in [3.8, 4) is 17.1 Å². The predicted octanol–water partition coefficient (Wildman–Crippen LogP) is 5.53. The number of carbonyl (C=O) groups excluding carboxylic acids is 1. The Morgan fingerprint density at radius 1 is 1.17 bits per heavy atom. The lowest BCUT2D eigenvalue weighted by molar-refractivity contribution is -0.118. The number of fused-ring (bicyclic) bond motifs is 3. The van der Waals surface area contributed by atoms with Crippen LogP contribution < -0.4 is 9.64 Å². The molecule has 0 spiro atoms. The van der Waals surface area contributed by atoms with Crippen molar-refractivity contribution in [1.82, 2.24) is 15.2 Å². The summed E-state index contributed by atoms with van der Waals surface area (Å²) in [6.45, 7) is 3.66. The van der Waals surface area contributed by atoms with Crippen LogP contribution in [0.4, 0.5) is 5.69 Å². The first-order valence-corrected chi connectivity index (χ1v) is 11.1. The average Bonchev–Trinajstić information content (AvgIpc) is 2.89. The number of para-hydroxylation sites is 1. The molecule has 1 aliphatic heterocycles. The van der Waals surface area contributed by atoms with Crippen molar-refractivity contribution in [2.24, 2.45) is 0 Å². The molecular formula is C22H21ClN4O2S. The summed E-state index contributed by atoms with van der Waals surface area (Å²) >= 11 is 7.62. The van der Waals surface area contributed by atoms with Crippen molar-refractivity contribution < 1.29 is 9.53 Å². The summed E-state index contributed by atoms with van der Waals surface area (Å²) in [4.78, 5) is 19.0. The van der Waals surface area contributed by atoms with Gasteiger partial charge in [0.2, 0.25) is 23.2 Å². The maximum atomic E-state index is 12.7. The van der Waals surface area contributed by atoms with Crippen LogP contribution in [0.1, 0.15) is 38.5 Å². The number of halogens is 1. The molecule has 0 unspecified atom stereocenters. The van der Waals surface area contributed by atoms with Crippen LogP contribution in [0.2, 0.25) is 5.02 Å². The van der Waals surface area contributed by atoms with E-state index in [2.05, 4.69) is 22.1 Å². The van der Waals surface area contributed by atoms with Gasteiger partial charge < -0.3 is 4.74 Å². The highest BCUT2D eigenvalue weighted by Gasteiger charge is 2.34. The number of thioether (sulfide) groups is 1. The van der Waals surface area contributed by atoms with Crippen molar-refractivity contribution in [3.05, 3.63) is 59.1 Å². The normalized spacial score (nSPS) is 15.0. The van der Waals surface area contributed by atoms with Crippen LogP contribution in [0.15, 0.2) is 53.7 Å². The third kappa shape index (κ3) is 4.13. The average molecular weight is 441 g/mol. The number of amides is 1. The lowest BCUT2D eigenvalue weighted by Gasteiger charge is -2.29. The Balaban J connectivity index is 1.84. The zero-order valence-corrected chi connectivity index (χ0v) is 18.3. The Bertz CT molecular complexity index is 1060. The fourth-order valence-electron chi connectivity index (χ4n) is 3.27. The number of unbranched alkanes of at least 4 members (excludes halogenated alkanes) is 1. The number of ether oxygens (including phenoxy) is 1. The number of hydrogen-bond donors (Lipinski definition) is 0. The van der Waals surface area contributed by atoms with E-state index in [1.807, 2.05) is 36.4 Å². The van der Waals surface area contributed by atoms with Crippen molar-refractivity contribution in [2.45, 2.75) is 38.1 Å². The van der Waals surface area contributed by atoms with E-state index in [1.54, 1.807) is 28.8 Å². The molecule has 6 nitrogen and oxygen atoms in total. The number of anilines is 1. The molecule has 154 valence electrons. The summed E-state index contributed by atoms with van der Waals surface area (Å²) in [5, 5.41) is 9.88. The number of benzene rings is 2. The topological polar surface area (TPSA) is 68.2 Å². The van der Waals surface area contributed by atoms with Gasteiger partial charge in [-0.15, -0.1) is 10.2 Å². The van der Waals surface area contributed by atoms with Gasteiger partial charge in [-0.05, 0) is 24.6 Å². The number of rotatable bonds is 5. The summed E-state index contributed by atoms with van der Waals surface area (Å²) < 4.78 is 6.32. The van der Waals surface area contributed by atoms with Crippen LogP contribution in [0.5, 0.6) is 5.88 Å². The molecule has 8 heteroatoms. The second kappa shape index (κ2) is 9.02. The van der Waals surface area contributed by atoms with E-state index in [-0.39, 0.29) is 5.91 Å². The molecule has 0 saturated heterocycles. The van der Waals surface area contributed by atoms with Crippen molar-refractivity contribution in [2.75, 3.05) is 10.7 Å². The molecule has 2 aromatic carbocycles. The maximum absolute atomic E-state index is 12.7. The highest BCUT2D eigenvalue weighted by Crippen LogP contribution is 2.43. The molecule has 2 heterocycles. The van der Waals surface area contributed by atoms with Gasteiger partial charge in [0.25, 0.3) is 0 Å². The fraction of sp³-hybridized carbons (Fsp3) is 0.273. The largest absolute Gasteiger partial charge is 0.447 e. The third-order valence-electron chi connectivity index (χ3n) is 4.74. The Kier molecular flexibility index (Phi) is 6.20. The summed E-state index contributed by atoms with van der Waals surface area (Å²) in [6.07, 6.45) is 1.47. The van der Waals surface area contributed by atoms with E-state index in [4.69, 9.17) is 16.3 Å². The molecule has 0 aliphatic carbocycles. The van der Waals surface area contributed by atoms with Gasteiger partial charge >= 0.3 is 0 Å². The zero-order valence-electron chi connectivity index (χ0n) is 16.7. The summed E-state index contributed by atoms with van der Waals surface area (Å²) in [5.41, 5.74) is 2.76. The molecular weight excluding hydrogens is 420 g/mol. The number of hydrogen-bond acceptors (Lipinski definition) is 6. The number of carbonyl (C=O) groups is 1. The van der Waals surface area contributed by atoms with Crippen molar-refractivity contribution in [1.29, 1.82) is 0 Å². The first-order chi connectivity index (χ1) is 14.6. The van der Waals surface area contributed by atoms with Crippen LogP contribution in [-0.4, -0.2) is 26.8 Å². The van der Waals surface area contributed by atoms with Gasteiger partial charge in [-0.2, -0.15) is 4.98 Å². The van der Waals surface area contributed by atoms with E-state index in [9.17, 15) is 4.79 Å². The first kappa shape index (κ1) is 20.6. The predicted molar refractivity (Wildman–Crippen MR) is 119 cm³/mol. The molecule has 1 aromatic heterocycles. The first-order valence-electron chi connectivity index (χ1n) is 9.77. The van der Waals surface area contributed by atoms with E-state index in [1.165, 1.54) is 6.92 Å². The molecule has 0 fully saturated rings. The monoisotopic (exact) mass is 440 g/mol. The molecule has 4 rings (SSSR count). The van der Waals surface area contributed by atoms with E-state index in [0.717, 1.165) is 29.7 Å². The minimum Gasteiger partial charge on any atom is -0.447 e. The minimum atomic E-state index is -0.702. The van der Waals surface area contributed by atoms with Crippen molar-refractivity contribution >= 4 is 35.0 Å². The van der Waals surface area contributed by atoms with Gasteiger partial charge in [-0.3, -0.25) is 9.69 Å². The van der Waals surface area contributed by atoms with Gasteiger partial charge in [0.15, 0.2) is 5.69 Å². The Hall–Kier alpha value is -2.64. The summed E-state index contributed by atoms with van der Waals surface area (Å²) in [6, 6.07) is 14.8. The quantitative estimate of drug-likeness (QED) is 0.384.